The summed E-state index contributed by atoms with van der Waals surface area (Å²) in [6.45, 7) is 5.48. The number of amides is 3. The van der Waals surface area contributed by atoms with Crippen molar-refractivity contribution < 1.29 is 19.1 Å². The third-order valence-corrected chi connectivity index (χ3v) is 5.63. The van der Waals surface area contributed by atoms with Gasteiger partial charge in [0.25, 0.3) is 5.91 Å². The van der Waals surface area contributed by atoms with Crippen LogP contribution >= 0.6 is 0 Å². The molecule has 2 N–H and O–H groups in total. The zero-order valence-corrected chi connectivity index (χ0v) is 16.3. The molecule has 2 fully saturated rings. The van der Waals surface area contributed by atoms with E-state index in [1.807, 2.05) is 13.8 Å². The van der Waals surface area contributed by atoms with Gasteiger partial charge in [0.15, 0.2) is 6.61 Å². The summed E-state index contributed by atoms with van der Waals surface area (Å²) < 4.78 is 7.26. The molecule has 2 atom stereocenters. The minimum atomic E-state index is -0.625. The summed E-state index contributed by atoms with van der Waals surface area (Å²) in [5.74, 6) is -0.758. The third kappa shape index (κ3) is 4.70. The first-order chi connectivity index (χ1) is 12.9. The Balaban J connectivity index is 1.46. The molecular weight excluding hydrogens is 346 g/mol. The highest BCUT2D eigenvalue weighted by molar-refractivity contribution is 5.97. The van der Waals surface area contributed by atoms with E-state index >= 15 is 0 Å². The van der Waals surface area contributed by atoms with Crippen molar-refractivity contribution in [2.24, 2.45) is 5.92 Å². The number of urea groups is 1. The molecular formula is C20H29N3O4. The van der Waals surface area contributed by atoms with E-state index in [-0.39, 0.29) is 6.04 Å². The maximum absolute atomic E-state index is 12.3. The number of carbonyl (C=O) groups is 3. The van der Waals surface area contributed by atoms with Crippen LogP contribution in [0.2, 0.25) is 0 Å². The van der Waals surface area contributed by atoms with Crippen molar-refractivity contribution >= 4 is 17.9 Å². The molecule has 0 aliphatic heterocycles. The molecule has 0 saturated heterocycles. The Morgan fingerprint density at radius 2 is 1.85 bits per heavy atom. The summed E-state index contributed by atoms with van der Waals surface area (Å²) in [5, 5.41) is 5.09. The molecule has 7 heteroatoms. The van der Waals surface area contributed by atoms with E-state index < -0.39 is 24.5 Å². The standard InChI is InChI=1S/C20H29N3O4/c1-12-6-4-5-7-17(12)21-20(26)22-18(24)11-27-19(25)16-10-13(2)23(14(16)3)15-8-9-15/h10,12,15,17H,4-9,11H2,1-3H3,(H2,21,22,24,26)/t12-,17-/m1/s1. The second-order valence-electron chi connectivity index (χ2n) is 7.85. The number of carbonyl (C=O) groups excluding carboxylic acids is 3. The van der Waals surface area contributed by atoms with Crippen molar-refractivity contribution in [3.05, 3.63) is 23.0 Å². The van der Waals surface area contributed by atoms with Gasteiger partial charge in [0.1, 0.15) is 0 Å². The predicted octanol–water partition coefficient (Wildman–Crippen LogP) is 3.00. The highest BCUT2D eigenvalue weighted by Gasteiger charge is 2.29. The summed E-state index contributed by atoms with van der Waals surface area (Å²) in [4.78, 5) is 36.2. The maximum atomic E-state index is 12.3. The fourth-order valence-electron chi connectivity index (χ4n) is 3.99. The fraction of sp³-hybridized carbons (Fsp3) is 0.650. The largest absolute Gasteiger partial charge is 0.452 e. The summed E-state index contributed by atoms with van der Waals surface area (Å²) >= 11 is 0. The van der Waals surface area contributed by atoms with Crippen LogP contribution in [0.4, 0.5) is 4.79 Å². The van der Waals surface area contributed by atoms with E-state index in [0.29, 0.717) is 17.5 Å². The van der Waals surface area contributed by atoms with Gasteiger partial charge in [0, 0.05) is 23.5 Å². The van der Waals surface area contributed by atoms with E-state index in [2.05, 4.69) is 22.1 Å². The van der Waals surface area contributed by atoms with Gasteiger partial charge in [-0.05, 0) is 51.5 Å². The zero-order valence-electron chi connectivity index (χ0n) is 16.3. The molecule has 0 radical (unpaired) electrons. The fourth-order valence-corrected chi connectivity index (χ4v) is 3.99. The summed E-state index contributed by atoms with van der Waals surface area (Å²) in [6, 6.07) is 1.83. The van der Waals surface area contributed by atoms with Gasteiger partial charge in [-0.15, -0.1) is 0 Å². The summed E-state index contributed by atoms with van der Waals surface area (Å²) in [6.07, 6.45) is 6.52. The minimum Gasteiger partial charge on any atom is -0.452 e. The number of rotatable bonds is 5. The smallest absolute Gasteiger partial charge is 0.340 e. The quantitative estimate of drug-likeness (QED) is 0.774. The molecule has 0 bridgehead atoms. The van der Waals surface area contributed by atoms with Crippen LogP contribution in [0.15, 0.2) is 6.07 Å². The molecule has 7 nitrogen and oxygen atoms in total. The van der Waals surface area contributed by atoms with Crippen molar-refractivity contribution in [2.45, 2.75) is 71.4 Å². The lowest BCUT2D eigenvalue weighted by atomic mass is 9.86. The van der Waals surface area contributed by atoms with Gasteiger partial charge < -0.3 is 14.6 Å². The van der Waals surface area contributed by atoms with Gasteiger partial charge in [-0.1, -0.05) is 19.8 Å². The normalized spacial score (nSPS) is 22.2. The van der Waals surface area contributed by atoms with E-state index in [0.717, 1.165) is 43.5 Å². The molecule has 2 aliphatic carbocycles. The van der Waals surface area contributed by atoms with Crippen LogP contribution in [0.1, 0.15) is 73.2 Å². The Kier molecular flexibility index (Phi) is 5.87. The van der Waals surface area contributed by atoms with E-state index in [1.54, 1.807) is 6.07 Å². The number of nitrogens with zero attached hydrogens (tertiary/aromatic N) is 1. The lowest BCUT2D eigenvalue weighted by molar-refractivity contribution is -0.123. The molecule has 2 aliphatic rings. The van der Waals surface area contributed by atoms with Crippen molar-refractivity contribution in [1.29, 1.82) is 0 Å². The molecule has 27 heavy (non-hydrogen) atoms. The Bertz CT molecular complexity index is 736. The Morgan fingerprint density at radius 3 is 2.52 bits per heavy atom. The van der Waals surface area contributed by atoms with Gasteiger partial charge in [-0.3, -0.25) is 10.1 Å². The van der Waals surface area contributed by atoms with Crippen LogP contribution in [-0.4, -0.2) is 35.1 Å². The number of imide groups is 1. The molecule has 1 aromatic rings. The molecule has 3 rings (SSSR count). The Hall–Kier alpha value is -2.31. The number of hydrogen-bond acceptors (Lipinski definition) is 4. The number of ether oxygens (including phenoxy) is 1. The number of esters is 1. The Labute approximate surface area is 159 Å². The van der Waals surface area contributed by atoms with Crippen LogP contribution in [-0.2, 0) is 9.53 Å². The third-order valence-electron chi connectivity index (χ3n) is 5.63. The molecule has 0 aromatic carbocycles. The average Bonchev–Trinajstić information content (AvgIpc) is 3.40. The molecule has 0 unspecified atom stereocenters. The monoisotopic (exact) mass is 375 g/mol. The number of hydrogen-bond donors (Lipinski definition) is 2. The minimum absolute atomic E-state index is 0.0851. The Morgan fingerprint density at radius 1 is 1.15 bits per heavy atom. The average molecular weight is 375 g/mol. The van der Waals surface area contributed by atoms with Crippen LogP contribution < -0.4 is 10.6 Å². The van der Waals surface area contributed by atoms with Gasteiger partial charge in [-0.2, -0.15) is 0 Å². The lowest BCUT2D eigenvalue weighted by Crippen LogP contribution is -2.48. The van der Waals surface area contributed by atoms with Crippen molar-refractivity contribution in [3.63, 3.8) is 0 Å². The van der Waals surface area contributed by atoms with Gasteiger partial charge >= 0.3 is 12.0 Å². The molecule has 2 saturated carbocycles. The predicted molar refractivity (Wildman–Crippen MR) is 101 cm³/mol. The SMILES string of the molecule is Cc1cc(C(=O)OCC(=O)NC(=O)N[C@@H]2CCCC[C@H]2C)c(C)n1C1CC1. The first-order valence-electron chi connectivity index (χ1n) is 9.82. The van der Waals surface area contributed by atoms with E-state index in [1.165, 1.54) is 6.42 Å². The van der Waals surface area contributed by atoms with Crippen LogP contribution in [0.3, 0.4) is 0 Å². The van der Waals surface area contributed by atoms with Crippen molar-refractivity contribution in [3.8, 4) is 0 Å². The number of aromatic nitrogens is 1. The molecule has 0 spiro atoms. The molecule has 3 amide bonds. The van der Waals surface area contributed by atoms with Gasteiger partial charge in [0.2, 0.25) is 0 Å². The first-order valence-corrected chi connectivity index (χ1v) is 9.82. The van der Waals surface area contributed by atoms with Crippen molar-refractivity contribution in [2.75, 3.05) is 6.61 Å². The van der Waals surface area contributed by atoms with Gasteiger partial charge in [0.05, 0.1) is 5.56 Å². The second kappa shape index (κ2) is 8.15. The highest BCUT2D eigenvalue weighted by Crippen LogP contribution is 2.38. The first kappa shape index (κ1) is 19.5. The van der Waals surface area contributed by atoms with E-state index in [4.69, 9.17) is 4.74 Å². The molecule has 1 heterocycles. The van der Waals surface area contributed by atoms with E-state index in [9.17, 15) is 14.4 Å². The summed E-state index contributed by atoms with van der Waals surface area (Å²) in [7, 11) is 0. The summed E-state index contributed by atoms with van der Waals surface area (Å²) in [5.41, 5.74) is 2.37. The number of aryl methyl sites for hydroxylation is 1. The number of nitrogens with one attached hydrogen (secondary N) is 2. The highest BCUT2D eigenvalue weighted by atomic mass is 16.5. The molecule has 148 valence electrons. The van der Waals surface area contributed by atoms with Crippen LogP contribution in [0.5, 0.6) is 0 Å². The lowest BCUT2D eigenvalue weighted by Gasteiger charge is -2.29. The van der Waals surface area contributed by atoms with Crippen LogP contribution in [0.25, 0.3) is 0 Å². The second-order valence-corrected chi connectivity index (χ2v) is 7.85. The molecule has 1 aromatic heterocycles. The maximum Gasteiger partial charge on any atom is 0.340 e. The van der Waals surface area contributed by atoms with Crippen molar-refractivity contribution in [1.82, 2.24) is 15.2 Å². The topological polar surface area (TPSA) is 89.4 Å². The van der Waals surface area contributed by atoms with Crippen LogP contribution in [0, 0.1) is 19.8 Å². The zero-order chi connectivity index (χ0) is 19.6. The van der Waals surface area contributed by atoms with Gasteiger partial charge in [-0.25, -0.2) is 9.59 Å².